The number of aryl methyl sites for hydroxylation is 1. The van der Waals surface area contributed by atoms with E-state index in [1.807, 2.05) is 37.3 Å². The number of hydrogen-bond donors (Lipinski definition) is 0. The second-order valence-corrected chi connectivity index (χ2v) is 6.16. The molecule has 3 nitrogen and oxygen atoms in total. The molecule has 2 aromatic heterocycles. The molecule has 0 aliphatic rings. The monoisotopic (exact) mass is 354 g/mol. The van der Waals surface area contributed by atoms with Crippen LogP contribution in [0.5, 0.6) is 0 Å². The molecule has 0 saturated heterocycles. The van der Waals surface area contributed by atoms with E-state index < -0.39 is 0 Å². The van der Waals surface area contributed by atoms with Gasteiger partial charge in [0.2, 0.25) is 0 Å². The molecule has 0 unspecified atom stereocenters. The summed E-state index contributed by atoms with van der Waals surface area (Å²) in [6.07, 6.45) is 1.74. The molecule has 4 heteroatoms. The molecule has 0 radical (unpaired) electrons. The maximum Gasteiger partial charge on any atom is 0.336 e. The second-order valence-electron chi connectivity index (χ2n) is 5.25. The Morgan fingerprint density at radius 2 is 1.73 bits per heavy atom. The van der Waals surface area contributed by atoms with Gasteiger partial charge in [0.1, 0.15) is 11.2 Å². The smallest absolute Gasteiger partial charge is 0.336 e. The van der Waals surface area contributed by atoms with Crippen molar-refractivity contribution in [1.29, 1.82) is 0 Å². The minimum absolute atomic E-state index is 0.343. The predicted molar refractivity (Wildman–Crippen MR) is 90.1 cm³/mol. The molecule has 0 bridgehead atoms. The quantitative estimate of drug-likeness (QED) is 0.437. The van der Waals surface area contributed by atoms with Crippen LogP contribution in [0.15, 0.2) is 66.8 Å². The van der Waals surface area contributed by atoms with Crippen LogP contribution in [0.1, 0.15) is 5.56 Å². The van der Waals surface area contributed by atoms with Crippen LogP contribution in [0.3, 0.4) is 0 Å². The van der Waals surface area contributed by atoms with Crippen LogP contribution in [0.4, 0.5) is 0 Å². The van der Waals surface area contributed by atoms with Gasteiger partial charge in [0.05, 0.1) is 6.26 Å². The second kappa shape index (κ2) is 4.85. The van der Waals surface area contributed by atoms with Crippen molar-refractivity contribution in [3.63, 3.8) is 0 Å². The molecule has 2 aromatic carbocycles. The zero-order chi connectivity index (χ0) is 15.3. The van der Waals surface area contributed by atoms with Crippen molar-refractivity contribution in [1.82, 2.24) is 0 Å². The van der Waals surface area contributed by atoms with Crippen LogP contribution in [-0.4, -0.2) is 0 Å². The molecule has 0 saturated carbocycles. The van der Waals surface area contributed by atoms with Gasteiger partial charge < -0.3 is 8.83 Å². The number of furan rings is 1. The van der Waals surface area contributed by atoms with E-state index in [9.17, 15) is 4.79 Å². The van der Waals surface area contributed by atoms with Crippen molar-refractivity contribution in [3.8, 4) is 11.1 Å². The number of rotatable bonds is 1. The minimum atomic E-state index is -0.343. The topological polar surface area (TPSA) is 43.4 Å². The van der Waals surface area contributed by atoms with Crippen LogP contribution in [0, 0.1) is 6.92 Å². The molecule has 4 rings (SSSR count). The van der Waals surface area contributed by atoms with Gasteiger partial charge in [-0.2, -0.15) is 0 Å². The molecule has 0 atom stereocenters. The summed E-state index contributed by atoms with van der Waals surface area (Å²) in [6.45, 7) is 1.91. The van der Waals surface area contributed by atoms with Crippen molar-refractivity contribution >= 4 is 37.9 Å². The average Bonchev–Trinajstić information content (AvgIpc) is 2.89. The molecule has 4 aromatic rings. The first kappa shape index (κ1) is 13.3. The van der Waals surface area contributed by atoms with Crippen LogP contribution in [-0.2, 0) is 0 Å². The van der Waals surface area contributed by atoms with Gasteiger partial charge in [-0.1, -0.05) is 28.1 Å². The van der Waals surface area contributed by atoms with E-state index >= 15 is 0 Å². The van der Waals surface area contributed by atoms with Crippen molar-refractivity contribution in [2.24, 2.45) is 0 Å². The highest BCUT2D eigenvalue weighted by Gasteiger charge is 2.12. The average molecular weight is 355 g/mol. The molecule has 0 aliphatic carbocycles. The normalized spacial score (nSPS) is 11.4. The maximum absolute atomic E-state index is 11.5. The summed E-state index contributed by atoms with van der Waals surface area (Å²) in [5.74, 6) is 0. The summed E-state index contributed by atoms with van der Waals surface area (Å²) < 4.78 is 11.9. The first-order valence-corrected chi connectivity index (χ1v) is 7.63. The minimum Gasteiger partial charge on any atom is -0.464 e. The highest BCUT2D eigenvalue weighted by molar-refractivity contribution is 9.10. The van der Waals surface area contributed by atoms with Gasteiger partial charge in [0, 0.05) is 32.9 Å². The van der Waals surface area contributed by atoms with Gasteiger partial charge in [-0.25, -0.2) is 4.79 Å². The molecule has 0 aliphatic heterocycles. The third kappa shape index (κ3) is 2.07. The Morgan fingerprint density at radius 3 is 2.50 bits per heavy atom. The number of halogens is 1. The van der Waals surface area contributed by atoms with E-state index in [0.717, 1.165) is 31.9 Å². The van der Waals surface area contributed by atoms with Gasteiger partial charge in [-0.05, 0) is 36.2 Å². The number of benzene rings is 2. The zero-order valence-corrected chi connectivity index (χ0v) is 13.3. The highest BCUT2D eigenvalue weighted by atomic mass is 79.9. The number of fused-ring (bicyclic) bond motifs is 2. The van der Waals surface area contributed by atoms with Gasteiger partial charge in [-0.15, -0.1) is 0 Å². The third-order valence-electron chi connectivity index (χ3n) is 3.80. The molecule has 2 heterocycles. The lowest BCUT2D eigenvalue weighted by molar-refractivity contribution is 0.558. The Balaban J connectivity index is 2.04. The van der Waals surface area contributed by atoms with Crippen molar-refractivity contribution in [2.45, 2.75) is 6.92 Å². The van der Waals surface area contributed by atoms with E-state index in [1.54, 1.807) is 12.3 Å². The molecule has 0 fully saturated rings. The standard InChI is InChI=1S/C18H11BrO3/c1-10-6-18(20)22-17-8-16-14(7-13(10)17)15(9-21-16)11-2-4-12(19)5-3-11/h2-9H,1H3. The van der Waals surface area contributed by atoms with Crippen LogP contribution in [0.2, 0.25) is 0 Å². The van der Waals surface area contributed by atoms with E-state index in [2.05, 4.69) is 15.9 Å². The van der Waals surface area contributed by atoms with Gasteiger partial charge in [-0.3, -0.25) is 0 Å². The van der Waals surface area contributed by atoms with Gasteiger partial charge in [0.25, 0.3) is 0 Å². The summed E-state index contributed by atoms with van der Waals surface area (Å²) in [4.78, 5) is 11.5. The van der Waals surface area contributed by atoms with Gasteiger partial charge in [0.15, 0.2) is 0 Å². The summed E-state index contributed by atoms with van der Waals surface area (Å²) >= 11 is 3.44. The third-order valence-corrected chi connectivity index (χ3v) is 4.33. The highest BCUT2D eigenvalue weighted by Crippen LogP contribution is 2.34. The molecule has 22 heavy (non-hydrogen) atoms. The molecule has 0 amide bonds. The summed E-state index contributed by atoms with van der Waals surface area (Å²) in [7, 11) is 0. The van der Waals surface area contributed by atoms with E-state index in [4.69, 9.17) is 8.83 Å². The number of hydrogen-bond acceptors (Lipinski definition) is 3. The Labute approximate surface area is 134 Å². The molecular formula is C18H11BrO3. The maximum atomic E-state index is 11.5. The van der Waals surface area contributed by atoms with Crippen LogP contribution in [0.25, 0.3) is 33.1 Å². The molecule has 108 valence electrons. The molecule has 0 spiro atoms. The van der Waals surface area contributed by atoms with Crippen molar-refractivity contribution in [2.75, 3.05) is 0 Å². The van der Waals surface area contributed by atoms with E-state index in [-0.39, 0.29) is 5.63 Å². The first-order chi connectivity index (χ1) is 10.6. The lowest BCUT2D eigenvalue weighted by Crippen LogP contribution is -1.97. The van der Waals surface area contributed by atoms with Gasteiger partial charge >= 0.3 is 5.63 Å². The van der Waals surface area contributed by atoms with E-state index in [0.29, 0.717) is 11.2 Å². The Hall–Kier alpha value is -2.33. The van der Waals surface area contributed by atoms with Crippen molar-refractivity contribution < 1.29 is 8.83 Å². The fraction of sp³-hybridized carbons (Fsp3) is 0.0556. The first-order valence-electron chi connectivity index (χ1n) is 6.83. The Bertz CT molecular complexity index is 1060. The Kier molecular flexibility index (Phi) is 2.94. The lowest BCUT2D eigenvalue weighted by atomic mass is 10.0. The fourth-order valence-corrected chi connectivity index (χ4v) is 2.96. The fourth-order valence-electron chi connectivity index (χ4n) is 2.69. The lowest BCUT2D eigenvalue weighted by Gasteiger charge is -2.02. The molecule has 0 N–H and O–H groups in total. The summed E-state index contributed by atoms with van der Waals surface area (Å²) in [6, 6.07) is 13.4. The zero-order valence-electron chi connectivity index (χ0n) is 11.7. The summed E-state index contributed by atoms with van der Waals surface area (Å²) in [5, 5.41) is 1.93. The van der Waals surface area contributed by atoms with Crippen LogP contribution < -0.4 is 5.63 Å². The predicted octanol–water partition coefficient (Wildman–Crippen LogP) is 5.28. The van der Waals surface area contributed by atoms with Crippen LogP contribution >= 0.6 is 15.9 Å². The Morgan fingerprint density at radius 1 is 0.955 bits per heavy atom. The molecular weight excluding hydrogens is 344 g/mol. The van der Waals surface area contributed by atoms with E-state index in [1.165, 1.54) is 6.07 Å². The SMILES string of the molecule is Cc1cc(=O)oc2cc3occ(-c4ccc(Br)cc4)c3cc12. The largest absolute Gasteiger partial charge is 0.464 e. The van der Waals surface area contributed by atoms with Crippen molar-refractivity contribution in [3.05, 3.63) is 69.2 Å². The summed E-state index contributed by atoms with van der Waals surface area (Å²) in [5.41, 5.74) is 3.92.